The summed E-state index contributed by atoms with van der Waals surface area (Å²) in [5, 5.41) is 0. The Morgan fingerprint density at radius 2 is 2.00 bits per heavy atom. The Labute approximate surface area is 93.9 Å². The molecule has 2 N–H and O–H groups in total. The van der Waals surface area contributed by atoms with Crippen LogP contribution in [0.2, 0.25) is 0 Å². The van der Waals surface area contributed by atoms with Crippen LogP contribution in [0.3, 0.4) is 0 Å². The highest BCUT2D eigenvalue weighted by Crippen LogP contribution is 2.09. The van der Waals surface area contributed by atoms with E-state index in [9.17, 15) is 4.79 Å². The van der Waals surface area contributed by atoms with Crippen molar-refractivity contribution in [2.75, 3.05) is 5.73 Å². The summed E-state index contributed by atoms with van der Waals surface area (Å²) in [6.07, 6.45) is 3.99. The molecule has 2 rings (SSSR count). The summed E-state index contributed by atoms with van der Waals surface area (Å²) >= 11 is 0. The fourth-order valence-corrected chi connectivity index (χ4v) is 1.61. The Hall–Kier alpha value is -2.03. The van der Waals surface area contributed by atoms with Crippen LogP contribution < -0.4 is 5.73 Å². The van der Waals surface area contributed by atoms with Crippen molar-refractivity contribution in [1.82, 2.24) is 0 Å². The highest BCUT2D eigenvalue weighted by atomic mass is 16.3. The van der Waals surface area contributed by atoms with Gasteiger partial charge >= 0.3 is 0 Å². The SMILES string of the molecule is Nc1cccc(CC(=O)Cc2ccoc2)c1. The summed E-state index contributed by atoms with van der Waals surface area (Å²) in [7, 11) is 0. The summed E-state index contributed by atoms with van der Waals surface area (Å²) in [6, 6.07) is 9.20. The summed E-state index contributed by atoms with van der Waals surface area (Å²) in [5.41, 5.74) is 8.20. The molecular weight excluding hydrogens is 202 g/mol. The zero-order valence-electron chi connectivity index (χ0n) is 8.85. The molecular formula is C13H13NO2. The lowest BCUT2D eigenvalue weighted by molar-refractivity contribution is -0.117. The molecule has 1 heterocycles. The number of nitrogens with two attached hydrogens (primary N) is 1. The first-order chi connectivity index (χ1) is 7.74. The van der Waals surface area contributed by atoms with E-state index in [0.717, 1.165) is 11.1 Å². The summed E-state index contributed by atoms with van der Waals surface area (Å²) in [5.74, 6) is 0.159. The Kier molecular flexibility index (Phi) is 3.05. The Balaban J connectivity index is 1.97. The van der Waals surface area contributed by atoms with E-state index in [1.165, 1.54) is 0 Å². The van der Waals surface area contributed by atoms with Crippen molar-refractivity contribution in [2.45, 2.75) is 12.8 Å². The van der Waals surface area contributed by atoms with Crippen LogP contribution in [0, 0.1) is 0 Å². The minimum absolute atomic E-state index is 0.159. The lowest BCUT2D eigenvalue weighted by Crippen LogP contribution is -2.06. The minimum Gasteiger partial charge on any atom is -0.472 e. The van der Waals surface area contributed by atoms with Crippen LogP contribution in [0.25, 0.3) is 0 Å². The van der Waals surface area contributed by atoms with Crippen LogP contribution in [0.4, 0.5) is 5.69 Å². The molecule has 16 heavy (non-hydrogen) atoms. The van der Waals surface area contributed by atoms with E-state index in [-0.39, 0.29) is 5.78 Å². The van der Waals surface area contributed by atoms with Gasteiger partial charge in [0, 0.05) is 18.5 Å². The molecule has 0 fully saturated rings. The van der Waals surface area contributed by atoms with E-state index in [1.54, 1.807) is 18.6 Å². The molecule has 0 atom stereocenters. The lowest BCUT2D eigenvalue weighted by atomic mass is 10.0. The predicted molar refractivity (Wildman–Crippen MR) is 62.0 cm³/mol. The number of Topliss-reactive ketones (excluding diaryl/α,β-unsaturated/α-hetero) is 1. The largest absolute Gasteiger partial charge is 0.472 e. The zero-order chi connectivity index (χ0) is 11.4. The van der Waals surface area contributed by atoms with Gasteiger partial charge in [0.05, 0.1) is 12.5 Å². The molecule has 1 aromatic heterocycles. The van der Waals surface area contributed by atoms with Gasteiger partial charge in [-0.1, -0.05) is 12.1 Å². The van der Waals surface area contributed by atoms with Crippen LogP contribution in [-0.4, -0.2) is 5.78 Å². The molecule has 0 aliphatic rings. The van der Waals surface area contributed by atoms with Crippen molar-refractivity contribution in [1.29, 1.82) is 0 Å². The molecule has 0 unspecified atom stereocenters. The predicted octanol–water partition coefficient (Wildman–Crippen LogP) is 2.22. The Morgan fingerprint density at radius 3 is 2.69 bits per heavy atom. The van der Waals surface area contributed by atoms with Gasteiger partial charge in [0.2, 0.25) is 0 Å². The monoisotopic (exact) mass is 215 g/mol. The highest BCUT2D eigenvalue weighted by molar-refractivity contribution is 5.83. The quantitative estimate of drug-likeness (QED) is 0.795. The smallest absolute Gasteiger partial charge is 0.141 e. The molecule has 1 aromatic carbocycles. The first-order valence-electron chi connectivity index (χ1n) is 5.11. The van der Waals surface area contributed by atoms with Crippen LogP contribution in [0.15, 0.2) is 47.3 Å². The average Bonchev–Trinajstić information content (AvgIpc) is 2.70. The van der Waals surface area contributed by atoms with Crippen molar-refractivity contribution in [3.63, 3.8) is 0 Å². The van der Waals surface area contributed by atoms with Gasteiger partial charge in [-0.2, -0.15) is 0 Å². The van der Waals surface area contributed by atoms with Gasteiger partial charge in [0.15, 0.2) is 0 Å². The van der Waals surface area contributed by atoms with Crippen molar-refractivity contribution in [3.8, 4) is 0 Å². The van der Waals surface area contributed by atoms with Gasteiger partial charge in [0.1, 0.15) is 5.78 Å². The van der Waals surface area contributed by atoms with Crippen LogP contribution in [-0.2, 0) is 17.6 Å². The first kappa shape index (κ1) is 10.5. The maximum absolute atomic E-state index is 11.7. The summed E-state index contributed by atoms with van der Waals surface area (Å²) in [4.78, 5) is 11.7. The molecule has 0 bridgehead atoms. The van der Waals surface area contributed by atoms with Crippen molar-refractivity contribution >= 4 is 11.5 Å². The van der Waals surface area contributed by atoms with E-state index in [2.05, 4.69) is 0 Å². The molecule has 3 nitrogen and oxygen atoms in total. The number of furan rings is 1. The second-order valence-corrected chi connectivity index (χ2v) is 3.77. The molecule has 0 saturated carbocycles. The number of carbonyl (C=O) groups is 1. The lowest BCUT2D eigenvalue weighted by Gasteiger charge is -2.01. The van der Waals surface area contributed by atoms with Gasteiger partial charge in [-0.05, 0) is 29.3 Å². The second-order valence-electron chi connectivity index (χ2n) is 3.77. The molecule has 0 amide bonds. The maximum atomic E-state index is 11.7. The minimum atomic E-state index is 0.159. The number of nitrogen functional groups attached to an aromatic ring is 1. The maximum Gasteiger partial charge on any atom is 0.141 e. The Morgan fingerprint density at radius 1 is 1.19 bits per heavy atom. The van der Waals surface area contributed by atoms with Gasteiger partial charge < -0.3 is 10.2 Å². The number of anilines is 1. The fourth-order valence-electron chi connectivity index (χ4n) is 1.61. The molecule has 0 aliphatic carbocycles. The third-order valence-corrected chi connectivity index (χ3v) is 2.33. The normalized spacial score (nSPS) is 10.2. The molecule has 82 valence electrons. The van der Waals surface area contributed by atoms with E-state index in [4.69, 9.17) is 10.2 Å². The standard InChI is InChI=1S/C13H13NO2/c14-12-3-1-2-10(6-12)7-13(15)8-11-4-5-16-9-11/h1-6,9H,7-8,14H2. The molecule has 0 spiro atoms. The third kappa shape index (κ3) is 2.73. The first-order valence-corrected chi connectivity index (χ1v) is 5.11. The van der Waals surface area contributed by atoms with E-state index in [0.29, 0.717) is 18.5 Å². The van der Waals surface area contributed by atoms with E-state index >= 15 is 0 Å². The van der Waals surface area contributed by atoms with Crippen molar-refractivity contribution < 1.29 is 9.21 Å². The zero-order valence-corrected chi connectivity index (χ0v) is 8.85. The van der Waals surface area contributed by atoms with Crippen LogP contribution in [0.5, 0.6) is 0 Å². The molecule has 0 saturated heterocycles. The summed E-state index contributed by atoms with van der Waals surface area (Å²) < 4.78 is 4.91. The van der Waals surface area contributed by atoms with Gasteiger partial charge in [0.25, 0.3) is 0 Å². The number of hydrogen-bond donors (Lipinski definition) is 1. The van der Waals surface area contributed by atoms with Crippen LogP contribution in [0.1, 0.15) is 11.1 Å². The Bertz CT molecular complexity index is 474. The molecule has 3 heteroatoms. The number of benzene rings is 1. The number of rotatable bonds is 4. The second kappa shape index (κ2) is 4.66. The van der Waals surface area contributed by atoms with Crippen molar-refractivity contribution in [2.24, 2.45) is 0 Å². The van der Waals surface area contributed by atoms with Gasteiger partial charge in [-0.3, -0.25) is 4.79 Å². The van der Waals surface area contributed by atoms with E-state index in [1.807, 2.05) is 24.3 Å². The molecule has 2 aromatic rings. The average molecular weight is 215 g/mol. The summed E-state index contributed by atoms with van der Waals surface area (Å²) in [6.45, 7) is 0. The molecule has 0 radical (unpaired) electrons. The number of ketones is 1. The van der Waals surface area contributed by atoms with Crippen LogP contribution >= 0.6 is 0 Å². The number of hydrogen-bond acceptors (Lipinski definition) is 3. The van der Waals surface area contributed by atoms with Gasteiger partial charge in [-0.15, -0.1) is 0 Å². The number of carbonyl (C=O) groups excluding carboxylic acids is 1. The van der Waals surface area contributed by atoms with Crippen molar-refractivity contribution in [3.05, 3.63) is 54.0 Å². The highest BCUT2D eigenvalue weighted by Gasteiger charge is 2.06. The fraction of sp³-hybridized carbons (Fsp3) is 0.154. The molecule has 0 aliphatic heterocycles. The topological polar surface area (TPSA) is 56.2 Å². The van der Waals surface area contributed by atoms with Gasteiger partial charge in [-0.25, -0.2) is 0 Å². The third-order valence-electron chi connectivity index (χ3n) is 2.33. The van der Waals surface area contributed by atoms with E-state index < -0.39 is 0 Å².